The number of halogens is 3. The molecular weight excluding hydrogens is 244 g/mol. The third-order valence-electron chi connectivity index (χ3n) is 1.69. The number of H-pyrrole nitrogens is 1. The van der Waals surface area contributed by atoms with E-state index in [1.807, 2.05) is 0 Å². The van der Waals surface area contributed by atoms with Gasteiger partial charge in [-0.15, -0.1) is 0 Å². The van der Waals surface area contributed by atoms with Crippen molar-refractivity contribution in [1.82, 2.24) is 4.98 Å². The van der Waals surface area contributed by atoms with E-state index in [1.54, 1.807) is 12.3 Å². The van der Waals surface area contributed by atoms with Crippen molar-refractivity contribution in [2.45, 2.75) is 0 Å². The minimum atomic E-state index is -0.292. The van der Waals surface area contributed by atoms with Crippen molar-refractivity contribution in [3.05, 3.63) is 33.6 Å². The average molecular weight is 248 g/mol. The lowest BCUT2D eigenvalue weighted by molar-refractivity contribution is 0.637. The molecule has 2 aromatic rings. The van der Waals surface area contributed by atoms with Crippen molar-refractivity contribution in [2.75, 3.05) is 0 Å². The van der Waals surface area contributed by atoms with Crippen LogP contribution in [0.3, 0.4) is 0 Å². The lowest BCUT2D eigenvalue weighted by Gasteiger charge is -1.95. The summed E-state index contributed by atoms with van der Waals surface area (Å²) in [6.45, 7) is 0. The summed E-state index contributed by atoms with van der Waals surface area (Å²) in [5.74, 6) is -0.292. The fourth-order valence-corrected chi connectivity index (χ4v) is 2.04. The largest absolute Gasteiger partial charge is 0.357 e. The first kappa shape index (κ1) is 8.08. The molecule has 0 aliphatic rings. The van der Waals surface area contributed by atoms with Crippen molar-refractivity contribution in [1.29, 1.82) is 0 Å². The maximum Gasteiger partial charge on any atom is 0.147 e. The van der Waals surface area contributed by atoms with Crippen LogP contribution in [-0.4, -0.2) is 4.98 Å². The van der Waals surface area contributed by atoms with Gasteiger partial charge in [-0.3, -0.25) is 0 Å². The predicted molar refractivity (Wildman–Crippen MR) is 51.0 cm³/mol. The molecule has 0 bridgehead atoms. The van der Waals surface area contributed by atoms with Crippen LogP contribution in [0.2, 0.25) is 5.02 Å². The van der Waals surface area contributed by atoms with Gasteiger partial charge in [0.2, 0.25) is 0 Å². The summed E-state index contributed by atoms with van der Waals surface area (Å²) in [6.07, 6.45) is 1.57. The van der Waals surface area contributed by atoms with Crippen molar-refractivity contribution < 1.29 is 4.39 Å². The van der Waals surface area contributed by atoms with E-state index in [4.69, 9.17) is 11.6 Å². The molecule has 1 nitrogen and oxygen atoms in total. The molecule has 2 rings (SSSR count). The normalized spacial score (nSPS) is 10.9. The third-order valence-corrected chi connectivity index (χ3v) is 2.64. The van der Waals surface area contributed by atoms with Gasteiger partial charge in [0, 0.05) is 16.1 Å². The van der Waals surface area contributed by atoms with Crippen molar-refractivity contribution >= 4 is 38.4 Å². The molecule has 1 aromatic heterocycles. The Labute approximate surface area is 81.7 Å². The summed E-state index contributed by atoms with van der Waals surface area (Å²) in [5, 5.41) is 1.22. The van der Waals surface area contributed by atoms with Crippen LogP contribution in [0.1, 0.15) is 0 Å². The SMILES string of the molecule is Fc1ccc(Br)c2c(Cl)c[nH]c12. The second kappa shape index (κ2) is 2.75. The molecular formula is C8H4BrClFN. The molecule has 0 amide bonds. The molecule has 0 aliphatic carbocycles. The number of aromatic nitrogens is 1. The average Bonchev–Trinajstić information content (AvgIpc) is 2.42. The van der Waals surface area contributed by atoms with E-state index >= 15 is 0 Å². The van der Waals surface area contributed by atoms with Gasteiger partial charge in [0.1, 0.15) is 5.82 Å². The molecule has 0 saturated carbocycles. The van der Waals surface area contributed by atoms with Crippen LogP contribution in [-0.2, 0) is 0 Å². The number of aromatic amines is 1. The Morgan fingerprint density at radius 1 is 1.42 bits per heavy atom. The minimum absolute atomic E-state index is 0.292. The Bertz CT molecular complexity index is 438. The smallest absolute Gasteiger partial charge is 0.147 e. The second-order valence-electron chi connectivity index (χ2n) is 2.42. The van der Waals surface area contributed by atoms with Crippen LogP contribution < -0.4 is 0 Å². The highest BCUT2D eigenvalue weighted by Gasteiger charge is 2.08. The summed E-state index contributed by atoms with van der Waals surface area (Å²) in [5.41, 5.74) is 0.439. The van der Waals surface area contributed by atoms with Gasteiger partial charge in [-0.2, -0.15) is 0 Å². The van der Waals surface area contributed by atoms with Crippen LogP contribution in [0.15, 0.2) is 22.8 Å². The molecule has 0 fully saturated rings. The first-order valence-corrected chi connectivity index (χ1v) is 4.48. The molecule has 62 valence electrons. The molecule has 0 saturated heterocycles. The van der Waals surface area contributed by atoms with E-state index in [1.165, 1.54) is 6.07 Å². The monoisotopic (exact) mass is 247 g/mol. The van der Waals surface area contributed by atoms with Crippen LogP contribution in [0.5, 0.6) is 0 Å². The number of nitrogens with one attached hydrogen (secondary N) is 1. The van der Waals surface area contributed by atoms with E-state index in [0.29, 0.717) is 15.9 Å². The van der Waals surface area contributed by atoms with Crippen LogP contribution in [0.4, 0.5) is 4.39 Å². The van der Waals surface area contributed by atoms with E-state index in [2.05, 4.69) is 20.9 Å². The quantitative estimate of drug-likeness (QED) is 0.731. The molecule has 0 atom stereocenters. The molecule has 12 heavy (non-hydrogen) atoms. The molecule has 4 heteroatoms. The Morgan fingerprint density at radius 2 is 2.17 bits per heavy atom. The lowest BCUT2D eigenvalue weighted by atomic mass is 10.2. The summed E-state index contributed by atoms with van der Waals surface area (Å²) in [6, 6.07) is 3.02. The van der Waals surface area contributed by atoms with Crippen molar-refractivity contribution in [3.8, 4) is 0 Å². The van der Waals surface area contributed by atoms with E-state index < -0.39 is 0 Å². The van der Waals surface area contributed by atoms with Gasteiger partial charge < -0.3 is 4.98 Å². The maximum atomic E-state index is 13.1. The molecule has 0 aliphatic heterocycles. The number of rotatable bonds is 0. The standard InChI is InChI=1S/C8H4BrClFN/c9-4-1-2-6(11)8-7(4)5(10)3-12-8/h1-3,12H. The Hall–Kier alpha value is -0.540. The molecule has 0 spiro atoms. The Balaban J connectivity index is 2.98. The van der Waals surface area contributed by atoms with Gasteiger partial charge in [0.25, 0.3) is 0 Å². The molecule has 1 heterocycles. The fourth-order valence-electron chi connectivity index (χ4n) is 1.13. The van der Waals surface area contributed by atoms with Crippen molar-refractivity contribution in [2.24, 2.45) is 0 Å². The van der Waals surface area contributed by atoms with Gasteiger partial charge >= 0.3 is 0 Å². The first-order valence-electron chi connectivity index (χ1n) is 3.30. The molecule has 0 radical (unpaired) electrons. The molecule has 1 N–H and O–H groups in total. The summed E-state index contributed by atoms with van der Waals surface area (Å²) in [7, 11) is 0. The number of hydrogen-bond acceptors (Lipinski definition) is 0. The number of hydrogen-bond donors (Lipinski definition) is 1. The predicted octanol–water partition coefficient (Wildman–Crippen LogP) is 3.72. The highest BCUT2D eigenvalue weighted by molar-refractivity contribution is 9.10. The number of benzene rings is 1. The third kappa shape index (κ3) is 1.04. The Morgan fingerprint density at radius 3 is 2.83 bits per heavy atom. The van der Waals surface area contributed by atoms with E-state index in [0.717, 1.165) is 4.47 Å². The summed E-state index contributed by atoms with van der Waals surface area (Å²) in [4.78, 5) is 2.76. The topological polar surface area (TPSA) is 15.8 Å². The number of fused-ring (bicyclic) bond motifs is 1. The van der Waals surface area contributed by atoms with Gasteiger partial charge in [-0.1, -0.05) is 27.5 Å². The van der Waals surface area contributed by atoms with Crippen LogP contribution >= 0.6 is 27.5 Å². The van der Waals surface area contributed by atoms with Crippen LogP contribution in [0.25, 0.3) is 10.9 Å². The second-order valence-corrected chi connectivity index (χ2v) is 3.68. The Kier molecular flexibility index (Phi) is 1.85. The zero-order chi connectivity index (χ0) is 8.72. The fraction of sp³-hybridized carbons (Fsp3) is 0. The highest BCUT2D eigenvalue weighted by Crippen LogP contribution is 2.31. The summed E-state index contributed by atoms with van der Waals surface area (Å²) >= 11 is 9.11. The molecule has 1 aromatic carbocycles. The highest BCUT2D eigenvalue weighted by atomic mass is 79.9. The van der Waals surface area contributed by atoms with Gasteiger partial charge in [0.05, 0.1) is 10.5 Å². The summed E-state index contributed by atoms with van der Waals surface area (Å²) < 4.78 is 13.9. The van der Waals surface area contributed by atoms with Gasteiger partial charge in [-0.25, -0.2) is 4.39 Å². The first-order chi connectivity index (χ1) is 5.70. The zero-order valence-corrected chi connectivity index (χ0v) is 8.21. The maximum absolute atomic E-state index is 13.1. The molecule has 0 unspecified atom stereocenters. The van der Waals surface area contributed by atoms with E-state index in [-0.39, 0.29) is 5.82 Å². The van der Waals surface area contributed by atoms with Gasteiger partial charge in [0.15, 0.2) is 0 Å². The van der Waals surface area contributed by atoms with E-state index in [9.17, 15) is 4.39 Å². The zero-order valence-electron chi connectivity index (χ0n) is 5.87. The lowest BCUT2D eigenvalue weighted by Crippen LogP contribution is -1.77. The van der Waals surface area contributed by atoms with Gasteiger partial charge in [-0.05, 0) is 12.1 Å². The van der Waals surface area contributed by atoms with Crippen molar-refractivity contribution in [3.63, 3.8) is 0 Å². The van der Waals surface area contributed by atoms with Crippen LogP contribution in [0, 0.1) is 5.82 Å². The minimum Gasteiger partial charge on any atom is -0.357 e.